The summed E-state index contributed by atoms with van der Waals surface area (Å²) in [6.07, 6.45) is 1.73. The van der Waals surface area contributed by atoms with Crippen LogP contribution in [0.5, 0.6) is 0 Å². The van der Waals surface area contributed by atoms with Crippen molar-refractivity contribution in [2.45, 2.75) is 11.8 Å². The molecule has 2 aromatic heterocycles. The number of hydrogen-bond acceptors (Lipinski definition) is 5. The average Bonchev–Trinajstić information content (AvgIpc) is 3.41. The van der Waals surface area contributed by atoms with Crippen LogP contribution in [-0.4, -0.2) is 23.6 Å². The van der Waals surface area contributed by atoms with E-state index in [9.17, 15) is 8.42 Å². The van der Waals surface area contributed by atoms with Crippen molar-refractivity contribution >= 4 is 26.8 Å². The van der Waals surface area contributed by atoms with E-state index in [1.54, 1.807) is 54.7 Å². The zero-order chi connectivity index (χ0) is 21.4. The maximum Gasteiger partial charge on any atom is 0.261 e. The largest absolute Gasteiger partial charge is 0.436 e. The Morgan fingerprint density at radius 1 is 0.935 bits per heavy atom. The summed E-state index contributed by atoms with van der Waals surface area (Å²) in [5.74, 6) is 0.467. The number of benzene rings is 3. The first-order valence-electron chi connectivity index (χ1n) is 9.59. The van der Waals surface area contributed by atoms with Gasteiger partial charge in [-0.1, -0.05) is 42.0 Å². The quantitative estimate of drug-likeness (QED) is 0.409. The number of hydrogen-bond donors (Lipinski definition) is 2. The van der Waals surface area contributed by atoms with Crippen LogP contribution in [0.4, 0.5) is 5.69 Å². The molecule has 31 heavy (non-hydrogen) atoms. The SMILES string of the molecule is Cc1ccc(S(=O)(=O)Nc2ccc(-c3n[nH]cc3-c3nc4ccccc4o3)cc2)cc1. The normalized spacial score (nSPS) is 11.6. The van der Waals surface area contributed by atoms with Gasteiger partial charge >= 0.3 is 0 Å². The van der Waals surface area contributed by atoms with Crippen LogP contribution in [0.3, 0.4) is 0 Å². The maximum atomic E-state index is 12.6. The molecule has 8 heteroatoms. The molecule has 2 N–H and O–H groups in total. The summed E-state index contributed by atoms with van der Waals surface area (Å²) in [5, 5.41) is 7.19. The minimum absolute atomic E-state index is 0.215. The monoisotopic (exact) mass is 430 g/mol. The molecule has 7 nitrogen and oxygen atoms in total. The molecule has 0 bridgehead atoms. The van der Waals surface area contributed by atoms with Crippen LogP contribution in [0.2, 0.25) is 0 Å². The average molecular weight is 430 g/mol. The number of anilines is 1. The number of aryl methyl sites for hydroxylation is 1. The first-order valence-corrected chi connectivity index (χ1v) is 11.1. The Bertz CT molecular complexity index is 1430. The van der Waals surface area contributed by atoms with Gasteiger partial charge in [0.05, 0.1) is 10.5 Å². The van der Waals surface area contributed by atoms with E-state index in [-0.39, 0.29) is 4.90 Å². The Kier molecular flexibility index (Phi) is 4.56. The number of sulfonamides is 1. The number of nitrogens with one attached hydrogen (secondary N) is 2. The summed E-state index contributed by atoms with van der Waals surface area (Å²) in [6.45, 7) is 1.91. The molecular formula is C23H18N4O3S. The van der Waals surface area contributed by atoms with E-state index in [4.69, 9.17) is 4.42 Å². The number of oxazole rings is 1. The number of para-hydroxylation sites is 2. The number of aromatic amines is 1. The molecule has 0 unspecified atom stereocenters. The minimum Gasteiger partial charge on any atom is -0.436 e. The summed E-state index contributed by atoms with van der Waals surface area (Å²) in [7, 11) is -3.66. The third-order valence-corrected chi connectivity index (χ3v) is 6.30. The second-order valence-corrected chi connectivity index (χ2v) is 8.81. The molecule has 154 valence electrons. The van der Waals surface area contributed by atoms with Crippen LogP contribution in [0.25, 0.3) is 33.8 Å². The summed E-state index contributed by atoms with van der Waals surface area (Å²) in [4.78, 5) is 4.74. The second kappa shape index (κ2) is 7.41. The summed E-state index contributed by atoms with van der Waals surface area (Å²) >= 11 is 0. The second-order valence-electron chi connectivity index (χ2n) is 7.13. The van der Waals surface area contributed by atoms with Crippen LogP contribution >= 0.6 is 0 Å². The molecule has 0 aliphatic heterocycles. The minimum atomic E-state index is -3.66. The highest BCUT2D eigenvalue weighted by molar-refractivity contribution is 7.92. The molecule has 0 saturated carbocycles. The molecular weight excluding hydrogens is 412 g/mol. The van der Waals surface area contributed by atoms with Crippen molar-refractivity contribution in [2.24, 2.45) is 0 Å². The van der Waals surface area contributed by atoms with Crippen LogP contribution in [0.15, 0.2) is 88.3 Å². The van der Waals surface area contributed by atoms with Crippen molar-refractivity contribution in [2.75, 3.05) is 4.72 Å². The van der Waals surface area contributed by atoms with Gasteiger partial charge in [0.15, 0.2) is 5.58 Å². The van der Waals surface area contributed by atoms with E-state index in [1.807, 2.05) is 31.2 Å². The van der Waals surface area contributed by atoms with Gasteiger partial charge in [0.2, 0.25) is 5.89 Å². The fraction of sp³-hybridized carbons (Fsp3) is 0.0435. The molecule has 0 radical (unpaired) electrons. The van der Waals surface area contributed by atoms with E-state index in [1.165, 1.54) is 0 Å². The molecule has 0 aliphatic carbocycles. The molecule has 0 spiro atoms. The lowest BCUT2D eigenvalue weighted by Crippen LogP contribution is -2.12. The standard InChI is InChI=1S/C23H18N4O3S/c1-15-6-12-18(13-7-15)31(28,29)27-17-10-8-16(9-11-17)22-19(14-24-26-22)23-25-20-4-2-3-5-21(20)30-23/h2-14,27H,1H3,(H,24,26). The van der Waals surface area contributed by atoms with Crippen LogP contribution < -0.4 is 4.72 Å². The van der Waals surface area contributed by atoms with E-state index >= 15 is 0 Å². The number of aromatic nitrogens is 3. The lowest BCUT2D eigenvalue weighted by Gasteiger charge is -2.09. The van der Waals surface area contributed by atoms with Gasteiger partial charge in [0.1, 0.15) is 11.2 Å². The maximum absolute atomic E-state index is 12.6. The Labute approximate surface area is 178 Å². The zero-order valence-electron chi connectivity index (χ0n) is 16.5. The molecule has 3 aromatic carbocycles. The molecule has 5 rings (SSSR count). The Hall–Kier alpha value is -3.91. The topological polar surface area (TPSA) is 101 Å². The highest BCUT2D eigenvalue weighted by Gasteiger charge is 2.17. The third kappa shape index (κ3) is 3.69. The van der Waals surface area contributed by atoms with Gasteiger partial charge in [0.25, 0.3) is 10.0 Å². The van der Waals surface area contributed by atoms with Crippen molar-refractivity contribution in [3.8, 4) is 22.7 Å². The first kappa shape index (κ1) is 19.1. The molecule has 0 fully saturated rings. The van der Waals surface area contributed by atoms with Gasteiger partial charge in [-0.2, -0.15) is 5.10 Å². The highest BCUT2D eigenvalue weighted by atomic mass is 32.2. The molecule has 0 saturated heterocycles. The summed E-state index contributed by atoms with van der Waals surface area (Å²) in [5.41, 5.74) is 5.12. The fourth-order valence-electron chi connectivity index (χ4n) is 3.29. The fourth-order valence-corrected chi connectivity index (χ4v) is 4.35. The molecule has 0 aliphatic rings. The summed E-state index contributed by atoms with van der Waals surface area (Å²) < 4.78 is 33.7. The Morgan fingerprint density at radius 3 is 2.42 bits per heavy atom. The zero-order valence-corrected chi connectivity index (χ0v) is 17.3. The van der Waals surface area contributed by atoms with Gasteiger partial charge in [-0.25, -0.2) is 13.4 Å². The van der Waals surface area contributed by atoms with E-state index in [0.717, 1.165) is 22.2 Å². The smallest absolute Gasteiger partial charge is 0.261 e. The van der Waals surface area contributed by atoms with Gasteiger partial charge in [-0.05, 0) is 43.3 Å². The lowest BCUT2D eigenvalue weighted by atomic mass is 10.1. The van der Waals surface area contributed by atoms with Crippen LogP contribution in [0.1, 0.15) is 5.56 Å². The Balaban J connectivity index is 1.42. The highest BCUT2D eigenvalue weighted by Crippen LogP contribution is 2.32. The molecule has 2 heterocycles. The number of nitrogens with zero attached hydrogens (tertiary/aromatic N) is 2. The van der Waals surface area contributed by atoms with Crippen molar-refractivity contribution in [3.63, 3.8) is 0 Å². The van der Waals surface area contributed by atoms with E-state index in [2.05, 4.69) is 19.9 Å². The predicted molar refractivity (Wildman–Crippen MR) is 119 cm³/mol. The van der Waals surface area contributed by atoms with Gasteiger partial charge in [-0.15, -0.1) is 0 Å². The van der Waals surface area contributed by atoms with E-state index < -0.39 is 10.0 Å². The predicted octanol–water partition coefficient (Wildman–Crippen LogP) is 4.99. The van der Waals surface area contributed by atoms with Crippen molar-refractivity contribution in [1.82, 2.24) is 15.2 Å². The number of fused-ring (bicyclic) bond motifs is 1. The number of rotatable bonds is 5. The molecule has 5 aromatic rings. The number of H-pyrrole nitrogens is 1. The lowest BCUT2D eigenvalue weighted by molar-refractivity contribution is 0.601. The summed E-state index contributed by atoms with van der Waals surface area (Å²) in [6, 6.07) is 21.3. The van der Waals surface area contributed by atoms with Gasteiger partial charge in [-0.3, -0.25) is 9.82 Å². The van der Waals surface area contributed by atoms with E-state index in [0.29, 0.717) is 22.9 Å². The van der Waals surface area contributed by atoms with Crippen molar-refractivity contribution in [3.05, 3.63) is 84.6 Å². The first-order chi connectivity index (χ1) is 15.0. The van der Waals surface area contributed by atoms with Crippen molar-refractivity contribution in [1.29, 1.82) is 0 Å². The van der Waals surface area contributed by atoms with Gasteiger partial charge in [0, 0.05) is 17.4 Å². The molecule has 0 atom stereocenters. The third-order valence-electron chi connectivity index (χ3n) is 4.91. The van der Waals surface area contributed by atoms with Crippen molar-refractivity contribution < 1.29 is 12.8 Å². The van der Waals surface area contributed by atoms with Crippen LogP contribution in [-0.2, 0) is 10.0 Å². The van der Waals surface area contributed by atoms with Crippen LogP contribution in [0, 0.1) is 6.92 Å². The molecule has 0 amide bonds. The Morgan fingerprint density at radius 2 is 1.68 bits per heavy atom. The van der Waals surface area contributed by atoms with Gasteiger partial charge < -0.3 is 4.42 Å².